The predicted molar refractivity (Wildman–Crippen MR) is 19.1 cm³/mol. The zero-order valence-corrected chi connectivity index (χ0v) is 2.49. The second-order valence-corrected chi connectivity index (χ2v) is 0.250. The van der Waals surface area contributed by atoms with Crippen molar-refractivity contribution in [2.24, 2.45) is 0 Å². The van der Waals surface area contributed by atoms with E-state index in [9.17, 15) is 0 Å². The second-order valence-electron chi connectivity index (χ2n) is 0.250. The second kappa shape index (κ2) is 21.5. The van der Waals surface area contributed by atoms with Crippen molar-refractivity contribution in [1.29, 1.82) is 0 Å². The van der Waals surface area contributed by atoms with Crippen LogP contribution in [0.4, 0.5) is 0 Å². The zero-order chi connectivity index (χ0) is 2.71. The Morgan fingerprint density at radius 3 is 1.25 bits per heavy atom. The highest BCUT2D eigenvalue weighted by molar-refractivity contribution is 4.51. The summed E-state index contributed by atoms with van der Waals surface area (Å²) in [5.74, 6) is 0. The fraction of sp³-hybridized carbons (Fsp3) is 0. The van der Waals surface area contributed by atoms with Gasteiger partial charge in [0.25, 0.3) is 0 Å². The quantitative estimate of drug-likeness (QED) is 0.363. The summed E-state index contributed by atoms with van der Waals surface area (Å²) in [6.07, 6.45) is 0. The molecule has 0 aliphatic heterocycles. The highest BCUT2D eigenvalue weighted by Crippen LogP contribution is 1.16. The minimum absolute atomic E-state index is 0. The van der Waals surface area contributed by atoms with E-state index in [2.05, 4.69) is 18.9 Å². The van der Waals surface area contributed by atoms with Crippen molar-refractivity contribution in [3.05, 3.63) is 26.3 Å². The molecule has 0 saturated carbocycles. The van der Waals surface area contributed by atoms with Crippen molar-refractivity contribution in [3.63, 3.8) is 0 Å². The molecule has 4 heavy (non-hydrogen) atoms. The van der Waals surface area contributed by atoms with Crippen LogP contribution in [-0.4, -0.2) is 0 Å². The molecule has 0 atom stereocenters. The summed E-state index contributed by atoms with van der Waals surface area (Å²) in [5.41, 5.74) is 2.25. The van der Waals surface area contributed by atoms with Gasteiger partial charge >= 0.3 is 0 Å². The maximum atomic E-state index is 3.12. The maximum Gasteiger partial charge on any atom is -0.0312 e. The van der Waals surface area contributed by atoms with Crippen molar-refractivity contribution < 1.29 is 0 Å². The van der Waals surface area contributed by atoms with Crippen LogP contribution in [0.2, 0.25) is 0 Å². The molecule has 0 rings (SSSR count). The Bertz CT molecular complexity index is 21.0. The monoisotopic (exact) mass is 53.0 g/mol. The van der Waals surface area contributed by atoms with Crippen molar-refractivity contribution in [2.75, 3.05) is 0 Å². The summed E-state index contributed by atoms with van der Waals surface area (Å²) >= 11 is 0. The third-order valence-electron chi connectivity index (χ3n) is 0. The van der Waals surface area contributed by atoms with Gasteiger partial charge in [-0.1, -0.05) is 13.2 Å². The predicted octanol–water partition coefficient (Wildman–Crippen LogP) is 1.16. The van der Waals surface area contributed by atoms with Crippen molar-refractivity contribution in [3.8, 4) is 0 Å². The van der Waals surface area contributed by atoms with Gasteiger partial charge in [-0.15, -0.1) is 5.73 Å². The highest BCUT2D eigenvalue weighted by atomic mass is 13.0. The summed E-state index contributed by atoms with van der Waals surface area (Å²) in [6.45, 7) is 6.25. The number of rotatable bonds is 0. The highest BCUT2D eigenvalue weighted by Gasteiger charge is 0.904. The molecule has 0 aliphatic carbocycles. The Hall–Kier alpha value is -0.480. The molecule has 0 heterocycles. The van der Waals surface area contributed by atoms with Gasteiger partial charge in [0.2, 0.25) is 0 Å². The summed E-state index contributed by atoms with van der Waals surface area (Å²) in [4.78, 5) is 0. The first-order chi connectivity index (χ1) is 1.41. The van der Waals surface area contributed by atoms with Crippen molar-refractivity contribution in [1.82, 2.24) is 0 Å². The van der Waals surface area contributed by atoms with Crippen LogP contribution < -0.4 is 0 Å². The van der Waals surface area contributed by atoms with E-state index >= 15 is 0 Å². The first kappa shape index (κ1) is 9.68. The van der Waals surface area contributed by atoms with Crippen molar-refractivity contribution >= 4 is 0 Å². The van der Waals surface area contributed by atoms with Gasteiger partial charge in [0.05, 0.1) is 0 Å². The molecule has 0 aliphatic rings. The van der Waals surface area contributed by atoms with Crippen LogP contribution in [0.15, 0.2) is 18.9 Å². The fourth-order valence-electron chi connectivity index (χ4n) is 0. The van der Waals surface area contributed by atoms with E-state index < -0.39 is 0 Å². The third kappa shape index (κ3) is 1.78. The molecule has 0 N–H and O–H groups in total. The molecule has 0 aromatic carbocycles. The van der Waals surface area contributed by atoms with Gasteiger partial charge in [0, 0.05) is 0 Å². The first-order valence-electron chi connectivity index (χ1n) is 0.707. The molecule has 0 amide bonds. The van der Waals surface area contributed by atoms with E-state index in [1.807, 2.05) is 0 Å². The Morgan fingerprint density at radius 1 is 1.25 bits per heavy atom. The standard InChI is InChI=1S/C3H4.CH/c1-3-2;/h1-2H2;1H. The molecule has 0 fully saturated rings. The van der Waals surface area contributed by atoms with Crippen LogP contribution in [0.25, 0.3) is 0 Å². The molecule has 0 heteroatoms. The summed E-state index contributed by atoms with van der Waals surface area (Å²) in [5, 5.41) is 0. The van der Waals surface area contributed by atoms with E-state index in [0.29, 0.717) is 0 Å². The third-order valence-corrected chi connectivity index (χ3v) is 0. The average Bonchev–Trinajstić information content (AvgIpc) is 0.918. The minimum Gasteiger partial charge on any atom is -0.137 e. The molecule has 0 unspecified atom stereocenters. The molecular weight excluding hydrogens is 48.0 g/mol. The van der Waals surface area contributed by atoms with Crippen molar-refractivity contribution in [2.45, 2.75) is 0 Å². The molecule has 0 aromatic rings. The van der Waals surface area contributed by atoms with Gasteiger partial charge in [0.15, 0.2) is 0 Å². The molecular formula is C4H5. The molecule has 0 aromatic heterocycles. The van der Waals surface area contributed by atoms with Crippen LogP contribution in [0.3, 0.4) is 0 Å². The van der Waals surface area contributed by atoms with Gasteiger partial charge in [-0.3, -0.25) is 0 Å². The lowest BCUT2D eigenvalue weighted by atomic mass is 11.0. The van der Waals surface area contributed by atoms with Gasteiger partial charge in [-0.05, 0) is 7.43 Å². The van der Waals surface area contributed by atoms with Crippen LogP contribution >= 0.6 is 0 Å². The smallest absolute Gasteiger partial charge is 0.0312 e. The van der Waals surface area contributed by atoms with E-state index in [-0.39, 0.29) is 7.43 Å². The van der Waals surface area contributed by atoms with Crippen LogP contribution in [0.5, 0.6) is 0 Å². The molecule has 0 nitrogen and oxygen atoms in total. The first-order valence-corrected chi connectivity index (χ1v) is 0.707. The summed E-state index contributed by atoms with van der Waals surface area (Å²) in [7, 11) is 0. The fourth-order valence-corrected chi connectivity index (χ4v) is 0. The van der Waals surface area contributed by atoms with E-state index in [4.69, 9.17) is 0 Å². The molecule has 3 radical (unpaired) electrons. The molecule has 0 saturated heterocycles. The Balaban J connectivity index is 0. The lowest BCUT2D eigenvalue weighted by molar-refractivity contribution is 2.51. The lowest BCUT2D eigenvalue weighted by Crippen LogP contribution is -0.844. The maximum absolute atomic E-state index is 3.12. The average molecular weight is 53.1 g/mol. The van der Waals surface area contributed by atoms with Gasteiger partial charge < -0.3 is 0 Å². The largest absolute Gasteiger partial charge is 0.137 e. The molecule has 21 valence electrons. The minimum atomic E-state index is 0. The Labute approximate surface area is 27.5 Å². The van der Waals surface area contributed by atoms with E-state index in [0.717, 1.165) is 0 Å². The topological polar surface area (TPSA) is 0 Å². The summed E-state index contributed by atoms with van der Waals surface area (Å²) < 4.78 is 0. The molecule has 0 spiro atoms. The van der Waals surface area contributed by atoms with Gasteiger partial charge in [-0.25, -0.2) is 0 Å². The molecule has 0 bridgehead atoms. The van der Waals surface area contributed by atoms with Gasteiger partial charge in [0.1, 0.15) is 0 Å². The number of hydrogen-bond donors (Lipinski definition) is 0. The van der Waals surface area contributed by atoms with Crippen LogP contribution in [-0.2, 0) is 0 Å². The van der Waals surface area contributed by atoms with E-state index in [1.165, 1.54) is 0 Å². The summed E-state index contributed by atoms with van der Waals surface area (Å²) in [6, 6.07) is 0. The Morgan fingerprint density at radius 2 is 1.25 bits per heavy atom. The normalized spacial score (nSPS) is 2.00. The Kier molecular flexibility index (Phi) is 52.1. The number of hydrogen-bond acceptors (Lipinski definition) is 0. The van der Waals surface area contributed by atoms with E-state index in [1.54, 1.807) is 0 Å². The van der Waals surface area contributed by atoms with Crippen LogP contribution in [0.1, 0.15) is 0 Å². The zero-order valence-electron chi connectivity index (χ0n) is 2.49. The SMILES string of the molecule is C=C=C.[CH]. The van der Waals surface area contributed by atoms with Crippen LogP contribution in [0, 0.1) is 7.43 Å². The lowest BCUT2D eigenvalue weighted by Gasteiger charge is -1.10. The van der Waals surface area contributed by atoms with Gasteiger partial charge in [-0.2, -0.15) is 0 Å².